The molecule has 144 valence electrons. The Morgan fingerprint density at radius 2 is 1.84 bits per heavy atom. The van der Waals surface area contributed by atoms with Gasteiger partial charge >= 0.3 is 0 Å². The first-order valence-electron chi connectivity index (χ1n) is 10.5. The number of ether oxygens (including phenoxy) is 1. The third-order valence-corrected chi connectivity index (χ3v) is 6.49. The molecule has 0 aromatic carbocycles. The summed E-state index contributed by atoms with van der Waals surface area (Å²) in [5.41, 5.74) is 0.230. The molecular formula is C20H37N3O2. The maximum Gasteiger partial charge on any atom is 0.222 e. The maximum absolute atomic E-state index is 12.5. The highest BCUT2D eigenvalue weighted by molar-refractivity contribution is 5.76. The van der Waals surface area contributed by atoms with Gasteiger partial charge in [-0.25, -0.2) is 0 Å². The summed E-state index contributed by atoms with van der Waals surface area (Å²) in [5, 5.41) is 3.27. The molecule has 0 bridgehead atoms. The van der Waals surface area contributed by atoms with Crippen LogP contribution in [0.4, 0.5) is 0 Å². The summed E-state index contributed by atoms with van der Waals surface area (Å²) >= 11 is 0. The second-order valence-electron chi connectivity index (χ2n) is 8.54. The molecule has 3 aliphatic rings. The van der Waals surface area contributed by atoms with Crippen molar-refractivity contribution < 1.29 is 9.53 Å². The summed E-state index contributed by atoms with van der Waals surface area (Å²) < 4.78 is 5.83. The van der Waals surface area contributed by atoms with Crippen LogP contribution < -0.4 is 5.32 Å². The number of nitrogens with zero attached hydrogens (tertiary/aromatic N) is 2. The molecule has 2 aliphatic heterocycles. The van der Waals surface area contributed by atoms with E-state index in [1.807, 2.05) is 0 Å². The average molecular weight is 352 g/mol. The second kappa shape index (κ2) is 8.83. The topological polar surface area (TPSA) is 44.8 Å². The summed E-state index contributed by atoms with van der Waals surface area (Å²) in [6, 6.07) is 0.523. The Hall–Kier alpha value is -0.650. The van der Waals surface area contributed by atoms with Gasteiger partial charge in [0.1, 0.15) is 0 Å². The molecule has 0 unspecified atom stereocenters. The van der Waals surface area contributed by atoms with Gasteiger partial charge in [0.15, 0.2) is 0 Å². The second-order valence-corrected chi connectivity index (χ2v) is 8.54. The van der Waals surface area contributed by atoms with Gasteiger partial charge in [0.2, 0.25) is 5.91 Å². The van der Waals surface area contributed by atoms with Crippen LogP contribution in [0.2, 0.25) is 0 Å². The predicted molar refractivity (Wildman–Crippen MR) is 101 cm³/mol. The fourth-order valence-electron chi connectivity index (χ4n) is 4.88. The molecule has 1 atom stereocenters. The van der Waals surface area contributed by atoms with Gasteiger partial charge < -0.3 is 10.1 Å². The van der Waals surface area contributed by atoms with E-state index in [4.69, 9.17) is 4.74 Å². The number of carbonyl (C=O) groups is 1. The molecule has 3 fully saturated rings. The summed E-state index contributed by atoms with van der Waals surface area (Å²) in [7, 11) is 0. The van der Waals surface area contributed by atoms with Crippen LogP contribution in [0.5, 0.6) is 0 Å². The molecule has 25 heavy (non-hydrogen) atoms. The van der Waals surface area contributed by atoms with E-state index in [1.54, 1.807) is 0 Å². The van der Waals surface area contributed by atoms with Gasteiger partial charge in [0.25, 0.3) is 0 Å². The number of amides is 1. The molecule has 0 radical (unpaired) electrons. The SMILES string of the molecule is CC(C)N1CCO[C@H](CC(=O)NCC2(N3CCCCC3)CCCC2)C1. The van der Waals surface area contributed by atoms with Crippen LogP contribution in [-0.2, 0) is 9.53 Å². The van der Waals surface area contributed by atoms with Gasteiger partial charge in [0, 0.05) is 31.2 Å². The molecule has 5 heteroatoms. The number of rotatable bonds is 6. The highest BCUT2D eigenvalue weighted by Crippen LogP contribution is 2.36. The first-order chi connectivity index (χ1) is 12.1. The highest BCUT2D eigenvalue weighted by Gasteiger charge is 2.40. The van der Waals surface area contributed by atoms with Crippen LogP contribution in [0.1, 0.15) is 65.2 Å². The van der Waals surface area contributed by atoms with Crippen LogP contribution in [0.3, 0.4) is 0 Å². The lowest BCUT2D eigenvalue weighted by atomic mass is 9.92. The lowest BCUT2D eigenvalue weighted by Crippen LogP contribution is -2.56. The molecule has 1 N–H and O–H groups in total. The predicted octanol–water partition coefficient (Wildman–Crippen LogP) is 2.40. The molecule has 0 spiro atoms. The molecule has 0 aromatic rings. The molecular weight excluding hydrogens is 314 g/mol. The Kier molecular flexibility index (Phi) is 6.75. The fourth-order valence-corrected chi connectivity index (χ4v) is 4.88. The van der Waals surface area contributed by atoms with Gasteiger partial charge in [-0.1, -0.05) is 19.3 Å². The van der Waals surface area contributed by atoms with E-state index in [-0.39, 0.29) is 17.6 Å². The van der Waals surface area contributed by atoms with E-state index < -0.39 is 0 Å². The number of hydrogen-bond donors (Lipinski definition) is 1. The fraction of sp³-hybridized carbons (Fsp3) is 0.950. The number of piperidine rings is 1. The average Bonchev–Trinajstić information content (AvgIpc) is 3.11. The first-order valence-corrected chi connectivity index (χ1v) is 10.5. The van der Waals surface area contributed by atoms with Crippen molar-refractivity contribution in [2.75, 3.05) is 39.3 Å². The minimum atomic E-state index is 0.0469. The number of hydrogen-bond acceptors (Lipinski definition) is 4. The third-order valence-electron chi connectivity index (χ3n) is 6.49. The lowest BCUT2D eigenvalue weighted by molar-refractivity contribution is -0.127. The lowest BCUT2D eigenvalue weighted by Gasteiger charge is -2.44. The zero-order valence-electron chi connectivity index (χ0n) is 16.3. The number of morpholine rings is 1. The van der Waals surface area contributed by atoms with Gasteiger partial charge in [0.05, 0.1) is 19.1 Å². The van der Waals surface area contributed by atoms with Crippen molar-refractivity contribution in [2.45, 2.75) is 82.9 Å². The van der Waals surface area contributed by atoms with E-state index in [0.717, 1.165) is 26.2 Å². The van der Waals surface area contributed by atoms with Crippen molar-refractivity contribution in [1.82, 2.24) is 15.1 Å². The van der Waals surface area contributed by atoms with Crippen molar-refractivity contribution in [2.24, 2.45) is 0 Å². The molecule has 5 nitrogen and oxygen atoms in total. The molecule has 1 amide bonds. The number of nitrogens with one attached hydrogen (secondary N) is 1. The molecule has 1 saturated carbocycles. The summed E-state index contributed by atoms with van der Waals surface area (Å²) in [5.74, 6) is 0.166. The van der Waals surface area contributed by atoms with Gasteiger partial charge in [-0.2, -0.15) is 0 Å². The normalized spacial score (nSPS) is 28.4. The molecule has 3 rings (SSSR count). The highest BCUT2D eigenvalue weighted by atomic mass is 16.5. The maximum atomic E-state index is 12.5. The molecule has 0 aromatic heterocycles. The Balaban J connectivity index is 1.48. The minimum absolute atomic E-state index is 0.0469. The first kappa shape index (κ1) is 19.1. The van der Waals surface area contributed by atoms with Crippen LogP contribution >= 0.6 is 0 Å². The number of carbonyl (C=O) groups excluding carboxylic acids is 1. The summed E-state index contributed by atoms with van der Waals surface area (Å²) in [6.07, 6.45) is 9.65. The quantitative estimate of drug-likeness (QED) is 0.798. The van der Waals surface area contributed by atoms with Crippen LogP contribution in [0.15, 0.2) is 0 Å². The Morgan fingerprint density at radius 3 is 2.52 bits per heavy atom. The van der Waals surface area contributed by atoms with E-state index >= 15 is 0 Å². The van der Waals surface area contributed by atoms with Crippen molar-refractivity contribution in [3.05, 3.63) is 0 Å². The Bertz CT molecular complexity index is 429. The number of likely N-dealkylation sites (tertiary alicyclic amines) is 1. The van der Waals surface area contributed by atoms with E-state index in [1.165, 1.54) is 58.0 Å². The van der Waals surface area contributed by atoms with E-state index in [9.17, 15) is 4.79 Å². The Labute approximate surface area is 153 Å². The third kappa shape index (κ3) is 4.95. The smallest absolute Gasteiger partial charge is 0.222 e. The monoisotopic (exact) mass is 351 g/mol. The summed E-state index contributed by atoms with van der Waals surface area (Å²) in [4.78, 5) is 17.6. The van der Waals surface area contributed by atoms with Crippen molar-refractivity contribution in [1.29, 1.82) is 0 Å². The van der Waals surface area contributed by atoms with Crippen LogP contribution in [-0.4, -0.2) is 72.7 Å². The molecule has 2 saturated heterocycles. The van der Waals surface area contributed by atoms with Gasteiger partial charge in [-0.05, 0) is 52.6 Å². The largest absolute Gasteiger partial charge is 0.375 e. The van der Waals surface area contributed by atoms with Crippen molar-refractivity contribution in [3.63, 3.8) is 0 Å². The van der Waals surface area contributed by atoms with E-state index in [2.05, 4.69) is 29.0 Å². The van der Waals surface area contributed by atoms with Crippen LogP contribution in [0.25, 0.3) is 0 Å². The van der Waals surface area contributed by atoms with Crippen molar-refractivity contribution >= 4 is 5.91 Å². The molecule has 1 aliphatic carbocycles. The Morgan fingerprint density at radius 1 is 1.12 bits per heavy atom. The standard InChI is InChI=1S/C20H37N3O2/c1-17(2)22-12-13-25-18(15-22)14-19(24)21-16-20(8-4-5-9-20)23-10-6-3-7-11-23/h17-18H,3-16H2,1-2H3,(H,21,24)/t18-/m1/s1. The van der Waals surface area contributed by atoms with Crippen LogP contribution in [0, 0.1) is 0 Å². The zero-order chi connectivity index (χ0) is 17.7. The summed E-state index contributed by atoms with van der Waals surface area (Å²) in [6.45, 7) is 10.3. The van der Waals surface area contributed by atoms with E-state index in [0.29, 0.717) is 12.5 Å². The van der Waals surface area contributed by atoms with Gasteiger partial charge in [-0.3, -0.25) is 14.6 Å². The minimum Gasteiger partial charge on any atom is -0.375 e. The van der Waals surface area contributed by atoms with Gasteiger partial charge in [-0.15, -0.1) is 0 Å². The molecule has 2 heterocycles. The zero-order valence-corrected chi connectivity index (χ0v) is 16.3. The van der Waals surface area contributed by atoms with Crippen molar-refractivity contribution in [3.8, 4) is 0 Å².